The molecule has 0 fully saturated rings. The fourth-order valence-electron chi connectivity index (χ4n) is 1.03. The van der Waals surface area contributed by atoms with Crippen LogP contribution in [0.15, 0.2) is 30.5 Å². The Kier molecular flexibility index (Phi) is 3.74. The number of aromatic nitrogens is 1. The highest BCUT2D eigenvalue weighted by Crippen LogP contribution is 2.30. The average Bonchev–Trinajstić information content (AvgIpc) is 2.26. The normalized spacial score (nSPS) is 12.0. The molecule has 0 unspecified atom stereocenters. The number of allylic oxidation sites excluding steroid dienone is 1. The van der Waals surface area contributed by atoms with Crippen molar-refractivity contribution >= 4 is 0 Å². The quantitative estimate of drug-likeness (QED) is 0.778. The van der Waals surface area contributed by atoms with Gasteiger partial charge in [-0.25, -0.2) is 4.98 Å². The van der Waals surface area contributed by atoms with Crippen molar-refractivity contribution in [3.05, 3.63) is 36.0 Å². The van der Waals surface area contributed by atoms with E-state index in [1.807, 2.05) is 0 Å². The topological polar surface area (TPSA) is 42.4 Å². The maximum absolute atomic E-state index is 13.4. The van der Waals surface area contributed by atoms with Crippen molar-refractivity contribution in [1.29, 1.82) is 0 Å². The molecule has 0 atom stereocenters. The number of halogens is 2. The molecule has 1 rings (SSSR count). The lowest BCUT2D eigenvalue weighted by atomic mass is 10.1. The second kappa shape index (κ2) is 4.84. The highest BCUT2D eigenvalue weighted by Gasteiger charge is 2.28. The second-order valence-corrected chi connectivity index (χ2v) is 2.79. The van der Waals surface area contributed by atoms with Crippen LogP contribution in [0.1, 0.15) is 5.56 Å². The van der Waals surface area contributed by atoms with Gasteiger partial charge in [0.2, 0.25) is 5.88 Å². The van der Waals surface area contributed by atoms with Gasteiger partial charge in [0.1, 0.15) is 0 Å². The third-order valence-electron chi connectivity index (χ3n) is 1.76. The molecule has 1 aromatic heterocycles. The summed E-state index contributed by atoms with van der Waals surface area (Å²) in [6.45, 7) is -0.419. The Morgan fingerprint density at radius 1 is 1.60 bits per heavy atom. The van der Waals surface area contributed by atoms with Crippen LogP contribution < -0.4 is 4.74 Å². The van der Waals surface area contributed by atoms with Crippen molar-refractivity contribution in [3.8, 4) is 5.88 Å². The smallest absolute Gasteiger partial charge is 0.292 e. The minimum Gasteiger partial charge on any atom is -0.481 e. The Morgan fingerprint density at radius 3 is 2.93 bits per heavy atom. The van der Waals surface area contributed by atoms with E-state index in [4.69, 9.17) is 9.84 Å². The summed E-state index contributed by atoms with van der Waals surface area (Å²) in [5.41, 5.74) is -0.223. The number of pyridine rings is 1. The van der Waals surface area contributed by atoms with E-state index in [2.05, 4.69) is 4.98 Å². The molecule has 5 heteroatoms. The molecule has 0 aromatic carbocycles. The van der Waals surface area contributed by atoms with Gasteiger partial charge < -0.3 is 9.84 Å². The Bertz CT molecular complexity index is 353. The molecule has 0 aliphatic carbocycles. The van der Waals surface area contributed by atoms with Crippen LogP contribution in [0.5, 0.6) is 5.88 Å². The van der Waals surface area contributed by atoms with Crippen LogP contribution in [0.25, 0.3) is 0 Å². The third kappa shape index (κ3) is 2.99. The molecule has 1 aromatic rings. The van der Waals surface area contributed by atoms with Crippen LogP contribution in [0.4, 0.5) is 8.78 Å². The summed E-state index contributed by atoms with van der Waals surface area (Å²) in [5.74, 6) is -3.00. The number of rotatable bonds is 4. The van der Waals surface area contributed by atoms with E-state index in [-0.39, 0.29) is 11.4 Å². The zero-order valence-electron chi connectivity index (χ0n) is 8.15. The molecule has 0 saturated carbocycles. The average molecular weight is 215 g/mol. The van der Waals surface area contributed by atoms with Gasteiger partial charge in [0.15, 0.2) is 0 Å². The Balaban J connectivity index is 2.98. The number of hydrogen-bond donors (Lipinski definition) is 1. The number of alkyl halides is 2. The number of nitrogens with zero attached hydrogens (tertiary/aromatic N) is 1. The lowest BCUT2D eigenvalue weighted by molar-refractivity contribution is 0.0510. The van der Waals surface area contributed by atoms with Crippen LogP contribution in [0.2, 0.25) is 0 Å². The summed E-state index contributed by atoms with van der Waals surface area (Å²) in [6.07, 6.45) is 2.88. The minimum absolute atomic E-state index is 0.129. The van der Waals surface area contributed by atoms with Crippen molar-refractivity contribution in [2.75, 3.05) is 13.7 Å². The van der Waals surface area contributed by atoms with Crippen LogP contribution in [-0.4, -0.2) is 23.8 Å². The van der Waals surface area contributed by atoms with Gasteiger partial charge in [-0.1, -0.05) is 6.08 Å². The number of ether oxygens (including phenoxy) is 1. The second-order valence-electron chi connectivity index (χ2n) is 2.79. The standard InChI is InChI=1S/C10H11F2NO2/c1-15-9-7-8(3-5-13-9)10(11,12)4-2-6-14/h2-5,7,14H,6H2,1H3/b4-2+. The zero-order chi connectivity index (χ0) is 11.3. The summed E-state index contributed by atoms with van der Waals surface area (Å²) >= 11 is 0. The predicted molar refractivity (Wildman–Crippen MR) is 50.9 cm³/mol. The van der Waals surface area contributed by atoms with Gasteiger partial charge in [-0.3, -0.25) is 0 Å². The van der Waals surface area contributed by atoms with E-state index >= 15 is 0 Å². The Hall–Kier alpha value is -1.49. The van der Waals surface area contributed by atoms with Crippen molar-refractivity contribution in [1.82, 2.24) is 4.98 Å². The molecule has 82 valence electrons. The molecule has 1 N–H and O–H groups in total. The highest BCUT2D eigenvalue weighted by atomic mass is 19.3. The van der Waals surface area contributed by atoms with Gasteiger partial charge in [0.05, 0.1) is 13.7 Å². The van der Waals surface area contributed by atoms with Gasteiger partial charge in [0, 0.05) is 17.8 Å². The Labute approximate surface area is 86.0 Å². The van der Waals surface area contributed by atoms with Gasteiger partial charge in [-0.15, -0.1) is 0 Å². The molecule has 0 radical (unpaired) electrons. The highest BCUT2D eigenvalue weighted by molar-refractivity contribution is 5.27. The van der Waals surface area contributed by atoms with E-state index in [1.54, 1.807) is 0 Å². The predicted octanol–water partition coefficient (Wildman–Crippen LogP) is 1.73. The first kappa shape index (κ1) is 11.6. The van der Waals surface area contributed by atoms with Crippen LogP contribution >= 0.6 is 0 Å². The van der Waals surface area contributed by atoms with E-state index in [0.29, 0.717) is 6.08 Å². The van der Waals surface area contributed by atoms with Crippen LogP contribution in [0, 0.1) is 0 Å². The fraction of sp³-hybridized carbons (Fsp3) is 0.300. The maximum atomic E-state index is 13.4. The molecule has 0 bridgehead atoms. The van der Waals surface area contributed by atoms with Gasteiger partial charge in [-0.2, -0.15) is 8.78 Å². The zero-order valence-corrected chi connectivity index (χ0v) is 8.15. The van der Waals surface area contributed by atoms with Gasteiger partial charge in [-0.05, 0) is 12.1 Å². The van der Waals surface area contributed by atoms with E-state index in [9.17, 15) is 8.78 Å². The molecule has 15 heavy (non-hydrogen) atoms. The molecular formula is C10H11F2NO2. The summed E-state index contributed by atoms with van der Waals surface area (Å²) in [7, 11) is 1.35. The maximum Gasteiger partial charge on any atom is 0.292 e. The number of aliphatic hydroxyl groups is 1. The van der Waals surface area contributed by atoms with Crippen molar-refractivity contribution in [3.63, 3.8) is 0 Å². The van der Waals surface area contributed by atoms with Crippen LogP contribution in [-0.2, 0) is 5.92 Å². The van der Waals surface area contributed by atoms with Crippen molar-refractivity contribution in [2.45, 2.75) is 5.92 Å². The van der Waals surface area contributed by atoms with Gasteiger partial charge >= 0.3 is 0 Å². The molecule has 0 saturated heterocycles. The minimum atomic E-state index is -3.13. The SMILES string of the molecule is COc1cc(C(F)(F)/C=C/CO)ccn1. The molecular weight excluding hydrogens is 204 g/mol. The third-order valence-corrected chi connectivity index (χ3v) is 1.76. The van der Waals surface area contributed by atoms with E-state index < -0.39 is 12.5 Å². The summed E-state index contributed by atoms with van der Waals surface area (Å²) in [6, 6.07) is 2.35. The van der Waals surface area contributed by atoms with E-state index in [1.165, 1.54) is 19.4 Å². The molecule has 3 nitrogen and oxygen atoms in total. The first-order chi connectivity index (χ1) is 7.10. The van der Waals surface area contributed by atoms with Gasteiger partial charge in [0.25, 0.3) is 5.92 Å². The molecule has 1 heterocycles. The lowest BCUT2D eigenvalue weighted by Crippen LogP contribution is -2.10. The number of methoxy groups -OCH3 is 1. The molecule has 0 spiro atoms. The van der Waals surface area contributed by atoms with Crippen molar-refractivity contribution < 1.29 is 18.6 Å². The lowest BCUT2D eigenvalue weighted by Gasteiger charge is -2.12. The summed E-state index contributed by atoms with van der Waals surface area (Å²) in [5, 5.41) is 8.42. The van der Waals surface area contributed by atoms with Crippen molar-refractivity contribution in [2.24, 2.45) is 0 Å². The van der Waals surface area contributed by atoms with E-state index in [0.717, 1.165) is 12.1 Å². The fourth-order valence-corrected chi connectivity index (χ4v) is 1.03. The molecule has 0 amide bonds. The summed E-state index contributed by atoms with van der Waals surface area (Å²) < 4.78 is 31.5. The summed E-state index contributed by atoms with van der Waals surface area (Å²) in [4.78, 5) is 3.72. The Morgan fingerprint density at radius 2 is 2.33 bits per heavy atom. The molecule has 0 aliphatic rings. The monoisotopic (exact) mass is 215 g/mol. The van der Waals surface area contributed by atoms with Crippen LogP contribution in [0.3, 0.4) is 0 Å². The first-order valence-corrected chi connectivity index (χ1v) is 4.27. The largest absolute Gasteiger partial charge is 0.481 e. The number of aliphatic hydroxyl groups excluding tert-OH is 1. The number of hydrogen-bond acceptors (Lipinski definition) is 3. The molecule has 0 aliphatic heterocycles. The first-order valence-electron chi connectivity index (χ1n) is 4.27.